The van der Waals surface area contributed by atoms with Gasteiger partial charge in [0.25, 0.3) is 0 Å². The SMILES string of the molecule is COc1cccc(C2CC(C(=O)NCCCn3cc(C)cn3)NN2)c1. The molecule has 25 heavy (non-hydrogen) atoms. The number of aryl methyl sites for hydroxylation is 2. The summed E-state index contributed by atoms with van der Waals surface area (Å²) in [6, 6.07) is 7.76. The first-order valence-corrected chi connectivity index (χ1v) is 8.57. The van der Waals surface area contributed by atoms with Crippen LogP contribution in [0, 0.1) is 6.92 Å². The lowest BCUT2D eigenvalue weighted by atomic mass is 10.0. The summed E-state index contributed by atoms with van der Waals surface area (Å²) < 4.78 is 7.16. The van der Waals surface area contributed by atoms with Gasteiger partial charge < -0.3 is 10.1 Å². The van der Waals surface area contributed by atoms with E-state index in [0.717, 1.165) is 29.8 Å². The quantitative estimate of drug-likeness (QED) is 0.661. The van der Waals surface area contributed by atoms with E-state index in [0.29, 0.717) is 13.0 Å². The lowest BCUT2D eigenvalue weighted by Crippen LogP contribution is -2.43. The van der Waals surface area contributed by atoms with Crippen molar-refractivity contribution in [1.29, 1.82) is 0 Å². The van der Waals surface area contributed by atoms with Gasteiger partial charge in [-0.3, -0.25) is 9.48 Å². The summed E-state index contributed by atoms with van der Waals surface area (Å²) in [5.41, 5.74) is 8.53. The van der Waals surface area contributed by atoms with Gasteiger partial charge in [-0.2, -0.15) is 5.10 Å². The molecule has 3 rings (SSSR count). The highest BCUT2D eigenvalue weighted by molar-refractivity contribution is 5.82. The summed E-state index contributed by atoms with van der Waals surface area (Å²) >= 11 is 0. The number of carbonyl (C=O) groups excluding carboxylic acids is 1. The maximum Gasteiger partial charge on any atom is 0.238 e. The maximum absolute atomic E-state index is 12.3. The van der Waals surface area contributed by atoms with Crippen molar-refractivity contribution in [3.8, 4) is 5.75 Å². The molecular formula is C18H25N5O2. The van der Waals surface area contributed by atoms with Crippen LogP contribution in [-0.2, 0) is 11.3 Å². The van der Waals surface area contributed by atoms with E-state index in [9.17, 15) is 4.79 Å². The van der Waals surface area contributed by atoms with Crippen LogP contribution in [-0.4, -0.2) is 35.4 Å². The smallest absolute Gasteiger partial charge is 0.238 e. The molecule has 1 aromatic heterocycles. The molecule has 1 amide bonds. The van der Waals surface area contributed by atoms with Gasteiger partial charge in [0.2, 0.25) is 5.91 Å². The average molecular weight is 343 g/mol. The molecule has 7 nitrogen and oxygen atoms in total. The monoisotopic (exact) mass is 343 g/mol. The van der Waals surface area contributed by atoms with E-state index in [1.54, 1.807) is 7.11 Å². The number of hydrogen-bond acceptors (Lipinski definition) is 5. The molecule has 2 atom stereocenters. The molecule has 2 heterocycles. The Balaban J connectivity index is 1.42. The van der Waals surface area contributed by atoms with Gasteiger partial charge in [-0.05, 0) is 43.0 Å². The number of hydrogen-bond donors (Lipinski definition) is 3. The predicted molar refractivity (Wildman–Crippen MR) is 95.0 cm³/mol. The summed E-state index contributed by atoms with van der Waals surface area (Å²) in [4.78, 5) is 12.3. The zero-order chi connectivity index (χ0) is 17.6. The Hall–Kier alpha value is -2.38. The first-order chi connectivity index (χ1) is 12.2. The number of rotatable bonds is 7. The van der Waals surface area contributed by atoms with Gasteiger partial charge in [-0.15, -0.1) is 0 Å². The number of methoxy groups -OCH3 is 1. The van der Waals surface area contributed by atoms with Gasteiger partial charge in [-0.1, -0.05) is 12.1 Å². The highest BCUT2D eigenvalue weighted by Crippen LogP contribution is 2.25. The molecule has 0 saturated carbocycles. The molecule has 7 heteroatoms. The van der Waals surface area contributed by atoms with Gasteiger partial charge >= 0.3 is 0 Å². The molecule has 0 spiro atoms. The number of ether oxygens (including phenoxy) is 1. The molecule has 1 aromatic carbocycles. The molecule has 1 saturated heterocycles. The molecule has 134 valence electrons. The van der Waals surface area contributed by atoms with Crippen molar-refractivity contribution in [3.63, 3.8) is 0 Å². The molecule has 1 fully saturated rings. The summed E-state index contributed by atoms with van der Waals surface area (Å²) in [6.07, 6.45) is 5.40. The number of amides is 1. The zero-order valence-corrected chi connectivity index (χ0v) is 14.7. The molecule has 3 N–H and O–H groups in total. The Kier molecular flexibility index (Phi) is 5.67. The van der Waals surface area contributed by atoms with E-state index in [4.69, 9.17) is 4.74 Å². The van der Waals surface area contributed by atoms with Crippen molar-refractivity contribution in [2.45, 2.75) is 38.4 Å². The summed E-state index contributed by atoms with van der Waals surface area (Å²) in [5.74, 6) is 0.843. The molecular weight excluding hydrogens is 318 g/mol. The van der Waals surface area contributed by atoms with Crippen LogP contribution < -0.4 is 20.9 Å². The van der Waals surface area contributed by atoms with Gasteiger partial charge in [0, 0.05) is 25.3 Å². The van der Waals surface area contributed by atoms with Crippen LogP contribution in [0.3, 0.4) is 0 Å². The lowest BCUT2D eigenvalue weighted by molar-refractivity contribution is -0.122. The maximum atomic E-state index is 12.3. The van der Waals surface area contributed by atoms with Gasteiger partial charge in [0.15, 0.2) is 0 Å². The summed E-state index contributed by atoms with van der Waals surface area (Å²) in [6.45, 7) is 3.46. The van der Waals surface area contributed by atoms with E-state index >= 15 is 0 Å². The third kappa shape index (κ3) is 4.58. The highest BCUT2D eigenvalue weighted by atomic mass is 16.5. The first-order valence-electron chi connectivity index (χ1n) is 8.57. The van der Waals surface area contributed by atoms with E-state index in [-0.39, 0.29) is 18.0 Å². The van der Waals surface area contributed by atoms with Crippen molar-refractivity contribution < 1.29 is 9.53 Å². The molecule has 1 aliphatic heterocycles. The largest absolute Gasteiger partial charge is 0.497 e. The third-order valence-electron chi connectivity index (χ3n) is 4.34. The van der Waals surface area contributed by atoms with Crippen molar-refractivity contribution in [1.82, 2.24) is 25.9 Å². The fraction of sp³-hybridized carbons (Fsp3) is 0.444. The number of nitrogens with zero attached hydrogens (tertiary/aromatic N) is 2. The Bertz CT molecular complexity index is 715. The minimum Gasteiger partial charge on any atom is -0.497 e. The molecule has 2 unspecified atom stereocenters. The standard InChI is InChI=1S/C18H25N5O2/c1-13-11-20-23(12-13)8-4-7-19-18(24)17-10-16(21-22-17)14-5-3-6-15(9-14)25-2/h3,5-6,9,11-12,16-17,21-22H,4,7-8,10H2,1-2H3,(H,19,24). The second kappa shape index (κ2) is 8.13. The fourth-order valence-electron chi connectivity index (χ4n) is 2.97. The van der Waals surface area contributed by atoms with Crippen LogP contribution in [0.15, 0.2) is 36.7 Å². The van der Waals surface area contributed by atoms with E-state index in [1.807, 2.05) is 48.3 Å². The Labute approximate surface area is 147 Å². The topological polar surface area (TPSA) is 80.2 Å². The van der Waals surface area contributed by atoms with Gasteiger partial charge in [0.1, 0.15) is 11.8 Å². The van der Waals surface area contributed by atoms with Crippen molar-refractivity contribution >= 4 is 5.91 Å². The van der Waals surface area contributed by atoms with Crippen LogP contribution in [0.5, 0.6) is 5.75 Å². The highest BCUT2D eigenvalue weighted by Gasteiger charge is 2.29. The van der Waals surface area contributed by atoms with Gasteiger partial charge in [0.05, 0.1) is 13.3 Å². The summed E-state index contributed by atoms with van der Waals surface area (Å²) in [5, 5.41) is 7.23. The number of hydrazine groups is 1. The second-order valence-corrected chi connectivity index (χ2v) is 6.33. The molecule has 1 aliphatic rings. The summed E-state index contributed by atoms with van der Waals surface area (Å²) in [7, 11) is 1.65. The lowest BCUT2D eigenvalue weighted by Gasteiger charge is -2.11. The van der Waals surface area contributed by atoms with Gasteiger partial charge in [-0.25, -0.2) is 10.9 Å². The van der Waals surface area contributed by atoms with Crippen LogP contribution in [0.4, 0.5) is 0 Å². The number of nitrogens with one attached hydrogen (secondary N) is 3. The average Bonchev–Trinajstić information content (AvgIpc) is 3.28. The van der Waals surface area contributed by atoms with E-state index in [1.165, 1.54) is 0 Å². The molecule has 0 aliphatic carbocycles. The minimum atomic E-state index is -0.233. The zero-order valence-electron chi connectivity index (χ0n) is 14.7. The van der Waals surface area contributed by atoms with Crippen molar-refractivity contribution in [3.05, 3.63) is 47.8 Å². The Morgan fingerprint density at radius 3 is 3.08 bits per heavy atom. The van der Waals surface area contributed by atoms with Crippen LogP contribution in [0.1, 0.15) is 30.0 Å². The fourth-order valence-corrected chi connectivity index (χ4v) is 2.97. The predicted octanol–water partition coefficient (Wildman–Crippen LogP) is 1.31. The normalized spacial score (nSPS) is 19.8. The Morgan fingerprint density at radius 2 is 2.32 bits per heavy atom. The van der Waals surface area contributed by atoms with E-state index in [2.05, 4.69) is 21.3 Å². The van der Waals surface area contributed by atoms with Crippen molar-refractivity contribution in [2.75, 3.05) is 13.7 Å². The van der Waals surface area contributed by atoms with Crippen LogP contribution in [0.25, 0.3) is 0 Å². The second-order valence-electron chi connectivity index (χ2n) is 6.33. The minimum absolute atomic E-state index is 0.0227. The van der Waals surface area contributed by atoms with Crippen LogP contribution >= 0.6 is 0 Å². The van der Waals surface area contributed by atoms with E-state index < -0.39 is 0 Å². The number of aromatic nitrogens is 2. The Morgan fingerprint density at radius 1 is 1.44 bits per heavy atom. The number of carbonyl (C=O) groups is 1. The number of benzene rings is 1. The first kappa shape index (κ1) is 17.4. The molecule has 0 bridgehead atoms. The van der Waals surface area contributed by atoms with Crippen LogP contribution in [0.2, 0.25) is 0 Å². The molecule has 0 radical (unpaired) electrons. The third-order valence-corrected chi connectivity index (χ3v) is 4.34. The molecule has 2 aromatic rings. The van der Waals surface area contributed by atoms with Crippen molar-refractivity contribution in [2.24, 2.45) is 0 Å².